The van der Waals surface area contributed by atoms with E-state index in [1.807, 2.05) is 37.3 Å². The minimum atomic E-state index is 0.112. The number of ether oxygens (including phenoxy) is 1. The second-order valence-corrected chi connectivity index (χ2v) is 3.84. The summed E-state index contributed by atoms with van der Waals surface area (Å²) >= 11 is 0. The van der Waals surface area contributed by atoms with Gasteiger partial charge in [0, 0.05) is 12.5 Å². The second-order valence-electron chi connectivity index (χ2n) is 3.84. The second kappa shape index (κ2) is 6.36. The highest BCUT2D eigenvalue weighted by atomic mass is 16.5. The van der Waals surface area contributed by atoms with E-state index in [1.165, 1.54) is 5.56 Å². The van der Waals surface area contributed by atoms with E-state index in [0.717, 1.165) is 6.42 Å². The molecule has 0 saturated heterocycles. The van der Waals surface area contributed by atoms with Crippen molar-refractivity contribution in [2.45, 2.75) is 26.9 Å². The standard InChI is InChI=1S/C13H18O2/c1-11(12(2)14)8-9-15-10-13-6-4-3-5-7-13/h3-7,11H,8-10H2,1-2H3/t11-/m0/s1. The Bertz CT molecular complexity index is 293. The Morgan fingerprint density at radius 2 is 2.00 bits per heavy atom. The number of Topliss-reactive ketones (excluding diaryl/α,β-unsaturated/α-hetero) is 1. The highest BCUT2D eigenvalue weighted by molar-refractivity contribution is 5.77. The summed E-state index contributed by atoms with van der Waals surface area (Å²) in [6.07, 6.45) is 0.808. The summed E-state index contributed by atoms with van der Waals surface area (Å²) in [4.78, 5) is 11.0. The molecule has 0 bridgehead atoms. The van der Waals surface area contributed by atoms with E-state index in [1.54, 1.807) is 6.92 Å². The first kappa shape index (κ1) is 11.9. The molecule has 0 fully saturated rings. The first-order valence-corrected chi connectivity index (χ1v) is 5.32. The average molecular weight is 206 g/mol. The normalized spacial score (nSPS) is 12.4. The molecule has 0 spiro atoms. The smallest absolute Gasteiger partial charge is 0.132 e. The molecule has 0 aliphatic heterocycles. The Morgan fingerprint density at radius 1 is 1.33 bits per heavy atom. The van der Waals surface area contributed by atoms with Crippen LogP contribution in [0.3, 0.4) is 0 Å². The molecule has 0 saturated carbocycles. The number of hydrogen-bond acceptors (Lipinski definition) is 2. The predicted molar refractivity (Wildman–Crippen MR) is 60.6 cm³/mol. The maximum absolute atomic E-state index is 11.0. The Morgan fingerprint density at radius 3 is 2.60 bits per heavy atom. The Labute approximate surface area is 91.3 Å². The van der Waals surface area contributed by atoms with E-state index in [0.29, 0.717) is 13.2 Å². The zero-order valence-electron chi connectivity index (χ0n) is 9.40. The number of ketones is 1. The van der Waals surface area contributed by atoms with E-state index in [2.05, 4.69) is 0 Å². The molecule has 0 heterocycles. The van der Waals surface area contributed by atoms with Crippen molar-refractivity contribution in [1.82, 2.24) is 0 Å². The fraction of sp³-hybridized carbons (Fsp3) is 0.462. The van der Waals surface area contributed by atoms with Gasteiger partial charge in [-0.3, -0.25) is 4.79 Å². The van der Waals surface area contributed by atoms with Crippen LogP contribution in [0.25, 0.3) is 0 Å². The van der Waals surface area contributed by atoms with Crippen LogP contribution < -0.4 is 0 Å². The van der Waals surface area contributed by atoms with Crippen molar-refractivity contribution in [2.75, 3.05) is 6.61 Å². The lowest BCUT2D eigenvalue weighted by Gasteiger charge is -2.08. The Kier molecular flexibility index (Phi) is 5.05. The van der Waals surface area contributed by atoms with Crippen LogP contribution in [0.1, 0.15) is 25.8 Å². The molecule has 1 aromatic carbocycles. The fourth-order valence-corrected chi connectivity index (χ4v) is 1.23. The van der Waals surface area contributed by atoms with Gasteiger partial charge in [-0.1, -0.05) is 37.3 Å². The van der Waals surface area contributed by atoms with Crippen LogP contribution >= 0.6 is 0 Å². The van der Waals surface area contributed by atoms with E-state index in [9.17, 15) is 4.79 Å². The predicted octanol–water partition coefficient (Wildman–Crippen LogP) is 2.82. The summed E-state index contributed by atoms with van der Waals surface area (Å²) in [6, 6.07) is 10.1. The summed E-state index contributed by atoms with van der Waals surface area (Å²) in [7, 11) is 0. The number of carbonyl (C=O) groups is 1. The zero-order valence-corrected chi connectivity index (χ0v) is 9.40. The molecule has 0 aromatic heterocycles. The van der Waals surface area contributed by atoms with Crippen LogP contribution in [-0.4, -0.2) is 12.4 Å². The summed E-state index contributed by atoms with van der Waals surface area (Å²) in [5.74, 6) is 0.346. The number of benzene rings is 1. The van der Waals surface area contributed by atoms with Gasteiger partial charge in [-0.15, -0.1) is 0 Å². The largest absolute Gasteiger partial charge is 0.377 e. The number of carbonyl (C=O) groups excluding carboxylic acids is 1. The van der Waals surface area contributed by atoms with Gasteiger partial charge in [-0.25, -0.2) is 0 Å². The zero-order chi connectivity index (χ0) is 11.1. The van der Waals surface area contributed by atoms with Crippen LogP contribution in [0, 0.1) is 5.92 Å². The third-order valence-electron chi connectivity index (χ3n) is 2.50. The van der Waals surface area contributed by atoms with Crippen LogP contribution in [0.5, 0.6) is 0 Å². The first-order valence-electron chi connectivity index (χ1n) is 5.32. The van der Waals surface area contributed by atoms with Crippen LogP contribution in [0.4, 0.5) is 0 Å². The Hall–Kier alpha value is -1.15. The van der Waals surface area contributed by atoms with Gasteiger partial charge in [-0.05, 0) is 18.9 Å². The van der Waals surface area contributed by atoms with Gasteiger partial charge in [0.25, 0.3) is 0 Å². The molecule has 1 atom stereocenters. The lowest BCUT2D eigenvalue weighted by atomic mass is 10.1. The third-order valence-corrected chi connectivity index (χ3v) is 2.50. The van der Waals surface area contributed by atoms with Gasteiger partial charge in [0.15, 0.2) is 0 Å². The molecule has 0 aliphatic rings. The Balaban J connectivity index is 2.15. The van der Waals surface area contributed by atoms with Crippen molar-refractivity contribution < 1.29 is 9.53 Å². The molecule has 0 N–H and O–H groups in total. The van der Waals surface area contributed by atoms with Crippen LogP contribution in [0.2, 0.25) is 0 Å². The summed E-state index contributed by atoms with van der Waals surface area (Å²) < 4.78 is 5.49. The molecular formula is C13H18O2. The molecule has 1 rings (SSSR count). The minimum absolute atomic E-state index is 0.112. The van der Waals surface area contributed by atoms with Crippen molar-refractivity contribution in [1.29, 1.82) is 0 Å². The highest BCUT2D eigenvalue weighted by Crippen LogP contribution is 2.05. The quantitative estimate of drug-likeness (QED) is 0.669. The fourth-order valence-electron chi connectivity index (χ4n) is 1.23. The molecule has 0 aliphatic carbocycles. The van der Waals surface area contributed by atoms with Crippen LogP contribution in [0.15, 0.2) is 30.3 Å². The van der Waals surface area contributed by atoms with E-state index < -0.39 is 0 Å². The molecule has 82 valence electrons. The van der Waals surface area contributed by atoms with Crippen molar-refractivity contribution in [3.63, 3.8) is 0 Å². The van der Waals surface area contributed by atoms with Gasteiger partial charge < -0.3 is 4.74 Å². The topological polar surface area (TPSA) is 26.3 Å². The SMILES string of the molecule is CC(=O)[C@@H](C)CCOCc1ccccc1. The van der Waals surface area contributed by atoms with Crippen molar-refractivity contribution in [3.8, 4) is 0 Å². The lowest BCUT2D eigenvalue weighted by Crippen LogP contribution is -2.09. The molecule has 2 heteroatoms. The van der Waals surface area contributed by atoms with E-state index >= 15 is 0 Å². The van der Waals surface area contributed by atoms with Crippen molar-refractivity contribution in [2.24, 2.45) is 5.92 Å². The molecular weight excluding hydrogens is 188 g/mol. The average Bonchev–Trinajstić information content (AvgIpc) is 2.25. The summed E-state index contributed by atoms with van der Waals surface area (Å²) in [6.45, 7) is 4.84. The molecule has 0 amide bonds. The maximum atomic E-state index is 11.0. The number of hydrogen-bond donors (Lipinski definition) is 0. The van der Waals surface area contributed by atoms with Crippen molar-refractivity contribution in [3.05, 3.63) is 35.9 Å². The van der Waals surface area contributed by atoms with Gasteiger partial charge >= 0.3 is 0 Å². The van der Waals surface area contributed by atoms with E-state index in [4.69, 9.17) is 4.74 Å². The van der Waals surface area contributed by atoms with Gasteiger partial charge in [-0.2, -0.15) is 0 Å². The van der Waals surface area contributed by atoms with Crippen LogP contribution in [-0.2, 0) is 16.1 Å². The number of rotatable bonds is 6. The van der Waals surface area contributed by atoms with Gasteiger partial charge in [0.2, 0.25) is 0 Å². The molecule has 2 nitrogen and oxygen atoms in total. The maximum Gasteiger partial charge on any atom is 0.132 e. The van der Waals surface area contributed by atoms with Gasteiger partial charge in [0.05, 0.1) is 6.61 Å². The van der Waals surface area contributed by atoms with E-state index in [-0.39, 0.29) is 11.7 Å². The minimum Gasteiger partial charge on any atom is -0.377 e. The molecule has 15 heavy (non-hydrogen) atoms. The lowest BCUT2D eigenvalue weighted by molar-refractivity contribution is -0.120. The summed E-state index contributed by atoms with van der Waals surface area (Å²) in [5.41, 5.74) is 1.17. The molecule has 0 unspecified atom stereocenters. The molecule has 0 radical (unpaired) electrons. The summed E-state index contributed by atoms with van der Waals surface area (Å²) in [5, 5.41) is 0. The highest BCUT2D eigenvalue weighted by Gasteiger charge is 2.06. The monoisotopic (exact) mass is 206 g/mol. The van der Waals surface area contributed by atoms with Crippen molar-refractivity contribution >= 4 is 5.78 Å². The van der Waals surface area contributed by atoms with Gasteiger partial charge in [0.1, 0.15) is 5.78 Å². The first-order chi connectivity index (χ1) is 7.20. The molecule has 1 aromatic rings. The third kappa shape index (κ3) is 4.75.